The molecule has 18 heavy (non-hydrogen) atoms. The largest absolute Gasteiger partial charge is 0.466 e. The number of hydrogen-bond donors (Lipinski definition) is 1. The third kappa shape index (κ3) is 3.54. The number of esters is 1. The van der Waals surface area contributed by atoms with Crippen LogP contribution in [0.25, 0.3) is 0 Å². The van der Waals surface area contributed by atoms with Gasteiger partial charge < -0.3 is 15.2 Å². The molecule has 1 aromatic carbocycles. The predicted molar refractivity (Wildman–Crippen MR) is 57.8 cm³/mol. The minimum atomic E-state index is -3.08. The van der Waals surface area contributed by atoms with Gasteiger partial charge in [-0.05, 0) is 19.1 Å². The molecule has 0 bridgehead atoms. The van der Waals surface area contributed by atoms with E-state index in [9.17, 15) is 18.0 Å². The van der Waals surface area contributed by atoms with Gasteiger partial charge in [0.25, 0.3) is 0 Å². The van der Waals surface area contributed by atoms with Gasteiger partial charge in [0.15, 0.2) is 0 Å². The molecule has 0 unspecified atom stereocenters. The smallest absolute Gasteiger partial charge is 0.387 e. The molecule has 0 spiro atoms. The molecule has 2 N–H and O–H groups in total. The summed E-state index contributed by atoms with van der Waals surface area (Å²) >= 11 is 0. The van der Waals surface area contributed by atoms with E-state index in [0.29, 0.717) is 0 Å². The topological polar surface area (TPSA) is 61.5 Å². The molecular weight excluding hydrogens is 251 g/mol. The van der Waals surface area contributed by atoms with E-state index in [1.807, 2.05) is 0 Å². The van der Waals surface area contributed by atoms with E-state index in [1.54, 1.807) is 6.92 Å². The molecule has 0 aliphatic carbocycles. The summed E-state index contributed by atoms with van der Waals surface area (Å²) in [7, 11) is 0. The maximum Gasteiger partial charge on any atom is 0.387 e. The van der Waals surface area contributed by atoms with Crippen LogP contribution in [0.1, 0.15) is 12.5 Å². The summed E-state index contributed by atoms with van der Waals surface area (Å²) in [5, 5.41) is 0. The highest BCUT2D eigenvalue weighted by Crippen LogP contribution is 2.29. The normalized spacial score (nSPS) is 10.5. The lowest BCUT2D eigenvalue weighted by Gasteiger charge is -2.12. The van der Waals surface area contributed by atoms with Crippen molar-refractivity contribution < 1.29 is 27.4 Å². The van der Waals surface area contributed by atoms with Crippen LogP contribution in [0.3, 0.4) is 0 Å². The Morgan fingerprint density at radius 3 is 2.67 bits per heavy atom. The van der Waals surface area contributed by atoms with Crippen LogP contribution in [0.15, 0.2) is 12.1 Å². The zero-order chi connectivity index (χ0) is 13.7. The predicted octanol–water partition coefficient (Wildman–Crippen LogP) is 2.11. The van der Waals surface area contributed by atoms with Gasteiger partial charge in [-0.15, -0.1) is 0 Å². The Morgan fingerprint density at radius 2 is 2.11 bits per heavy atom. The van der Waals surface area contributed by atoms with Crippen LogP contribution in [0.5, 0.6) is 5.75 Å². The fourth-order valence-corrected chi connectivity index (χ4v) is 1.35. The molecule has 0 aromatic heterocycles. The number of benzene rings is 1. The second-order valence-corrected chi connectivity index (χ2v) is 3.30. The van der Waals surface area contributed by atoms with Gasteiger partial charge in [0.05, 0.1) is 18.7 Å². The van der Waals surface area contributed by atoms with Crippen LogP contribution in [0.2, 0.25) is 0 Å². The Morgan fingerprint density at radius 1 is 1.44 bits per heavy atom. The summed E-state index contributed by atoms with van der Waals surface area (Å²) in [6, 6.07) is 1.88. The summed E-state index contributed by atoms with van der Waals surface area (Å²) < 4.78 is 46.3. The number of ether oxygens (including phenoxy) is 2. The van der Waals surface area contributed by atoms with Crippen molar-refractivity contribution in [1.29, 1.82) is 0 Å². The molecule has 1 rings (SSSR count). The SMILES string of the molecule is CCOC(=O)Cc1c(F)ccc(OC(F)F)c1N. The molecule has 0 atom stereocenters. The van der Waals surface area contributed by atoms with Gasteiger partial charge in [-0.3, -0.25) is 4.79 Å². The third-order valence-corrected chi connectivity index (χ3v) is 2.10. The number of halogens is 3. The van der Waals surface area contributed by atoms with E-state index < -0.39 is 24.8 Å². The van der Waals surface area contributed by atoms with Gasteiger partial charge in [0, 0.05) is 5.56 Å². The second-order valence-electron chi connectivity index (χ2n) is 3.30. The first-order valence-electron chi connectivity index (χ1n) is 5.13. The molecule has 0 saturated heterocycles. The van der Waals surface area contributed by atoms with Crippen LogP contribution in [0.4, 0.5) is 18.9 Å². The Bertz CT molecular complexity index is 438. The highest BCUT2D eigenvalue weighted by molar-refractivity contribution is 5.76. The molecular formula is C11H12F3NO3. The minimum Gasteiger partial charge on any atom is -0.466 e. The summed E-state index contributed by atoms with van der Waals surface area (Å²) in [6.07, 6.45) is -0.439. The fourth-order valence-electron chi connectivity index (χ4n) is 1.35. The monoisotopic (exact) mass is 263 g/mol. The molecule has 0 aliphatic heterocycles. The zero-order valence-corrected chi connectivity index (χ0v) is 9.58. The van der Waals surface area contributed by atoms with Crippen LogP contribution >= 0.6 is 0 Å². The van der Waals surface area contributed by atoms with Gasteiger partial charge in [-0.25, -0.2) is 4.39 Å². The number of alkyl halides is 2. The average molecular weight is 263 g/mol. The number of anilines is 1. The van der Waals surface area contributed by atoms with Crippen molar-refractivity contribution in [3.63, 3.8) is 0 Å². The molecule has 0 heterocycles. The van der Waals surface area contributed by atoms with E-state index in [-0.39, 0.29) is 23.6 Å². The lowest BCUT2D eigenvalue weighted by molar-refractivity contribution is -0.142. The molecule has 7 heteroatoms. The van der Waals surface area contributed by atoms with Crippen LogP contribution in [-0.4, -0.2) is 19.2 Å². The lowest BCUT2D eigenvalue weighted by Crippen LogP contribution is -2.12. The van der Waals surface area contributed by atoms with Crippen molar-refractivity contribution >= 4 is 11.7 Å². The second kappa shape index (κ2) is 6.13. The standard InChI is InChI=1S/C11H12F3NO3/c1-2-17-9(16)5-6-7(12)3-4-8(10(6)15)18-11(13)14/h3-4,11H,2,5,15H2,1H3. The summed E-state index contributed by atoms with van der Waals surface area (Å²) in [5.41, 5.74) is 4.92. The summed E-state index contributed by atoms with van der Waals surface area (Å²) in [6.45, 7) is -1.35. The number of rotatable bonds is 5. The Hall–Kier alpha value is -1.92. The number of carbonyl (C=O) groups is 1. The minimum absolute atomic E-state index is 0.133. The fraction of sp³-hybridized carbons (Fsp3) is 0.364. The Balaban J connectivity index is 2.99. The van der Waals surface area contributed by atoms with Gasteiger partial charge >= 0.3 is 12.6 Å². The van der Waals surface area contributed by atoms with Crippen molar-refractivity contribution in [3.05, 3.63) is 23.5 Å². The van der Waals surface area contributed by atoms with Crippen molar-refractivity contribution in [2.24, 2.45) is 0 Å². The van der Waals surface area contributed by atoms with E-state index in [4.69, 9.17) is 5.73 Å². The number of carbonyl (C=O) groups excluding carboxylic acids is 1. The molecule has 4 nitrogen and oxygen atoms in total. The first kappa shape index (κ1) is 14.1. The van der Waals surface area contributed by atoms with Crippen molar-refractivity contribution in [3.8, 4) is 5.75 Å². The lowest BCUT2D eigenvalue weighted by atomic mass is 10.1. The van der Waals surface area contributed by atoms with Crippen molar-refractivity contribution in [1.82, 2.24) is 0 Å². The molecule has 0 fully saturated rings. The maximum absolute atomic E-state index is 13.4. The zero-order valence-electron chi connectivity index (χ0n) is 9.58. The van der Waals surface area contributed by atoms with E-state index in [0.717, 1.165) is 12.1 Å². The molecule has 100 valence electrons. The van der Waals surface area contributed by atoms with Crippen molar-refractivity contribution in [2.45, 2.75) is 20.0 Å². The Labute approximate surface area is 101 Å². The molecule has 0 saturated carbocycles. The number of nitrogen functional groups attached to an aromatic ring is 1. The number of nitrogens with two attached hydrogens (primary N) is 1. The van der Waals surface area contributed by atoms with Gasteiger partial charge in [-0.1, -0.05) is 0 Å². The van der Waals surface area contributed by atoms with Gasteiger partial charge in [-0.2, -0.15) is 8.78 Å². The first-order valence-corrected chi connectivity index (χ1v) is 5.13. The first-order chi connectivity index (χ1) is 8.45. The van der Waals surface area contributed by atoms with Crippen LogP contribution < -0.4 is 10.5 Å². The molecule has 1 aromatic rings. The highest BCUT2D eigenvalue weighted by atomic mass is 19.3. The molecule has 0 aliphatic rings. The van der Waals surface area contributed by atoms with Crippen LogP contribution in [0, 0.1) is 5.82 Å². The van der Waals surface area contributed by atoms with E-state index in [2.05, 4.69) is 9.47 Å². The molecule has 0 amide bonds. The average Bonchev–Trinajstić information content (AvgIpc) is 2.28. The maximum atomic E-state index is 13.4. The highest BCUT2D eigenvalue weighted by Gasteiger charge is 2.17. The Kier molecular flexibility index (Phi) is 4.82. The van der Waals surface area contributed by atoms with E-state index in [1.165, 1.54) is 0 Å². The summed E-state index contributed by atoms with van der Waals surface area (Å²) in [4.78, 5) is 11.2. The number of hydrogen-bond acceptors (Lipinski definition) is 4. The van der Waals surface area contributed by atoms with E-state index >= 15 is 0 Å². The quantitative estimate of drug-likeness (QED) is 0.653. The van der Waals surface area contributed by atoms with Gasteiger partial charge in [0.2, 0.25) is 0 Å². The summed E-state index contributed by atoms with van der Waals surface area (Å²) in [5.74, 6) is -1.84. The van der Waals surface area contributed by atoms with Crippen LogP contribution in [-0.2, 0) is 16.0 Å². The van der Waals surface area contributed by atoms with Gasteiger partial charge in [0.1, 0.15) is 11.6 Å². The third-order valence-electron chi connectivity index (χ3n) is 2.10. The molecule has 0 radical (unpaired) electrons. The van der Waals surface area contributed by atoms with Crippen molar-refractivity contribution in [2.75, 3.05) is 12.3 Å².